The molecule has 1 unspecified atom stereocenters. The van der Waals surface area contributed by atoms with E-state index in [4.69, 9.17) is 4.74 Å². The zero-order valence-corrected chi connectivity index (χ0v) is 16.3. The van der Waals surface area contributed by atoms with Crippen molar-refractivity contribution in [3.63, 3.8) is 0 Å². The quantitative estimate of drug-likeness (QED) is 0.663. The van der Waals surface area contributed by atoms with Gasteiger partial charge < -0.3 is 15.4 Å². The Balaban J connectivity index is 1.66. The average molecular weight is 375 g/mol. The Labute approximate surface area is 158 Å². The number of hydrogen-bond acceptors (Lipinski definition) is 4. The minimum Gasteiger partial charge on any atom is -0.481 e. The van der Waals surface area contributed by atoms with Gasteiger partial charge in [0.05, 0.1) is 6.42 Å². The molecule has 6 heteroatoms. The number of amides is 2. The van der Waals surface area contributed by atoms with Gasteiger partial charge in [-0.25, -0.2) is 0 Å². The SMILES string of the molecule is CC(Oc1ccc(C(C)C)cc1)C(=O)NCCNC(=O)Cc1cccs1. The highest BCUT2D eigenvalue weighted by atomic mass is 32.1. The molecule has 0 saturated heterocycles. The molecular formula is C20H26N2O3S. The standard InChI is InChI=1S/C20H26N2O3S/c1-14(2)16-6-8-17(9-7-16)25-15(3)20(24)22-11-10-21-19(23)13-18-5-4-12-26-18/h4-9,12,14-15H,10-11,13H2,1-3H3,(H,21,23)(H,22,24). The van der Waals surface area contributed by atoms with Gasteiger partial charge in [0.1, 0.15) is 5.75 Å². The van der Waals surface area contributed by atoms with Gasteiger partial charge in [-0.15, -0.1) is 11.3 Å². The van der Waals surface area contributed by atoms with E-state index in [1.54, 1.807) is 18.3 Å². The molecule has 0 radical (unpaired) electrons. The molecule has 5 nitrogen and oxygen atoms in total. The maximum atomic E-state index is 12.1. The summed E-state index contributed by atoms with van der Waals surface area (Å²) in [6.45, 7) is 6.73. The highest BCUT2D eigenvalue weighted by Crippen LogP contribution is 2.19. The molecule has 1 heterocycles. The Hall–Kier alpha value is -2.34. The summed E-state index contributed by atoms with van der Waals surface area (Å²) in [6.07, 6.45) is -0.223. The molecule has 1 atom stereocenters. The van der Waals surface area contributed by atoms with Crippen LogP contribution in [0.4, 0.5) is 0 Å². The number of hydrogen-bond donors (Lipinski definition) is 2. The van der Waals surface area contributed by atoms with Crippen LogP contribution in [-0.4, -0.2) is 31.0 Å². The van der Waals surface area contributed by atoms with Gasteiger partial charge >= 0.3 is 0 Å². The Morgan fingerprint density at radius 2 is 1.73 bits per heavy atom. The first-order valence-corrected chi connectivity index (χ1v) is 9.67. The van der Waals surface area contributed by atoms with Gasteiger partial charge in [-0.3, -0.25) is 9.59 Å². The molecule has 0 aliphatic carbocycles. The van der Waals surface area contributed by atoms with Gasteiger partial charge in [-0.1, -0.05) is 32.0 Å². The van der Waals surface area contributed by atoms with Crippen LogP contribution in [0.2, 0.25) is 0 Å². The summed E-state index contributed by atoms with van der Waals surface area (Å²) < 4.78 is 5.66. The third-order valence-corrected chi connectivity index (χ3v) is 4.77. The summed E-state index contributed by atoms with van der Waals surface area (Å²) in [5.41, 5.74) is 1.23. The lowest BCUT2D eigenvalue weighted by Gasteiger charge is -2.15. The fourth-order valence-electron chi connectivity index (χ4n) is 2.35. The van der Waals surface area contributed by atoms with Gasteiger partial charge in [0.2, 0.25) is 5.91 Å². The van der Waals surface area contributed by atoms with Gasteiger partial charge in [-0.2, -0.15) is 0 Å². The van der Waals surface area contributed by atoms with Crippen molar-refractivity contribution in [1.29, 1.82) is 0 Å². The van der Waals surface area contributed by atoms with E-state index in [0.29, 0.717) is 31.2 Å². The first kappa shape index (κ1) is 20.0. The van der Waals surface area contributed by atoms with Crippen LogP contribution in [-0.2, 0) is 16.0 Å². The molecule has 0 saturated carbocycles. The van der Waals surface area contributed by atoms with E-state index in [1.165, 1.54) is 5.56 Å². The molecule has 0 fully saturated rings. The van der Waals surface area contributed by atoms with Crippen molar-refractivity contribution in [2.75, 3.05) is 13.1 Å². The van der Waals surface area contributed by atoms with Crippen molar-refractivity contribution in [3.05, 3.63) is 52.2 Å². The topological polar surface area (TPSA) is 67.4 Å². The van der Waals surface area contributed by atoms with Crippen molar-refractivity contribution >= 4 is 23.2 Å². The van der Waals surface area contributed by atoms with Crippen LogP contribution >= 0.6 is 11.3 Å². The van der Waals surface area contributed by atoms with E-state index in [-0.39, 0.29) is 11.8 Å². The summed E-state index contributed by atoms with van der Waals surface area (Å²) >= 11 is 1.56. The summed E-state index contributed by atoms with van der Waals surface area (Å²) in [5.74, 6) is 0.878. The third kappa shape index (κ3) is 6.52. The normalized spacial score (nSPS) is 11.8. The van der Waals surface area contributed by atoms with Crippen LogP contribution in [0, 0.1) is 0 Å². The lowest BCUT2D eigenvalue weighted by Crippen LogP contribution is -2.40. The Bertz CT molecular complexity index is 696. The van der Waals surface area contributed by atoms with Gasteiger partial charge in [0, 0.05) is 18.0 Å². The number of ether oxygens (including phenoxy) is 1. The van der Waals surface area contributed by atoms with E-state index in [9.17, 15) is 9.59 Å². The Morgan fingerprint density at radius 3 is 2.35 bits per heavy atom. The number of nitrogens with one attached hydrogen (secondary N) is 2. The molecule has 1 aromatic carbocycles. The van der Waals surface area contributed by atoms with Gasteiger partial charge in [-0.05, 0) is 42.0 Å². The number of benzene rings is 1. The molecule has 0 aliphatic heterocycles. The molecule has 2 amide bonds. The molecule has 26 heavy (non-hydrogen) atoms. The first-order valence-electron chi connectivity index (χ1n) is 8.79. The maximum absolute atomic E-state index is 12.1. The zero-order chi connectivity index (χ0) is 18.9. The smallest absolute Gasteiger partial charge is 0.260 e. The highest BCUT2D eigenvalue weighted by Gasteiger charge is 2.14. The van der Waals surface area contributed by atoms with Crippen LogP contribution < -0.4 is 15.4 Å². The van der Waals surface area contributed by atoms with Crippen molar-refractivity contribution in [2.24, 2.45) is 0 Å². The molecule has 2 N–H and O–H groups in total. The summed E-state index contributed by atoms with van der Waals surface area (Å²) in [7, 11) is 0. The second kappa shape index (κ2) is 9.97. The lowest BCUT2D eigenvalue weighted by atomic mass is 10.0. The average Bonchev–Trinajstić information content (AvgIpc) is 3.11. The Kier molecular flexibility index (Phi) is 7.66. The van der Waals surface area contributed by atoms with E-state index >= 15 is 0 Å². The van der Waals surface area contributed by atoms with E-state index in [0.717, 1.165) is 4.88 Å². The van der Waals surface area contributed by atoms with Gasteiger partial charge in [0.25, 0.3) is 5.91 Å². The van der Waals surface area contributed by atoms with E-state index in [2.05, 4.69) is 24.5 Å². The van der Waals surface area contributed by atoms with E-state index < -0.39 is 6.10 Å². The van der Waals surface area contributed by atoms with Crippen LogP contribution in [0.25, 0.3) is 0 Å². The molecule has 0 spiro atoms. The molecule has 140 valence electrons. The Morgan fingerprint density at radius 1 is 1.04 bits per heavy atom. The monoisotopic (exact) mass is 374 g/mol. The molecular weight excluding hydrogens is 348 g/mol. The number of carbonyl (C=O) groups excluding carboxylic acids is 2. The molecule has 2 aromatic rings. The van der Waals surface area contributed by atoms with Crippen LogP contribution in [0.1, 0.15) is 37.1 Å². The number of carbonyl (C=O) groups is 2. The van der Waals surface area contributed by atoms with Crippen LogP contribution in [0.5, 0.6) is 5.75 Å². The molecule has 1 aromatic heterocycles. The summed E-state index contributed by atoms with van der Waals surface area (Å²) in [5, 5.41) is 7.51. The molecule has 2 rings (SSSR count). The van der Waals surface area contributed by atoms with Crippen molar-refractivity contribution < 1.29 is 14.3 Å². The van der Waals surface area contributed by atoms with Crippen LogP contribution in [0.15, 0.2) is 41.8 Å². The van der Waals surface area contributed by atoms with Gasteiger partial charge in [0.15, 0.2) is 6.10 Å². The maximum Gasteiger partial charge on any atom is 0.260 e. The highest BCUT2D eigenvalue weighted by molar-refractivity contribution is 7.10. The summed E-state index contributed by atoms with van der Waals surface area (Å²) in [4.78, 5) is 24.9. The minimum absolute atomic E-state index is 0.0451. The fourth-order valence-corrected chi connectivity index (χ4v) is 3.06. The number of rotatable bonds is 9. The zero-order valence-electron chi connectivity index (χ0n) is 15.5. The van der Waals surface area contributed by atoms with Crippen molar-refractivity contribution in [1.82, 2.24) is 10.6 Å². The second-order valence-corrected chi connectivity index (χ2v) is 7.41. The second-order valence-electron chi connectivity index (χ2n) is 6.38. The molecule has 0 aliphatic rings. The minimum atomic E-state index is -0.596. The lowest BCUT2D eigenvalue weighted by molar-refractivity contribution is -0.127. The number of thiophene rings is 1. The van der Waals surface area contributed by atoms with Crippen molar-refractivity contribution in [2.45, 2.75) is 39.2 Å². The predicted octanol–water partition coefficient (Wildman–Crippen LogP) is 3.11. The molecule has 0 bridgehead atoms. The summed E-state index contributed by atoms with van der Waals surface area (Å²) in [6, 6.07) is 11.6. The van der Waals surface area contributed by atoms with Crippen LogP contribution in [0.3, 0.4) is 0 Å². The van der Waals surface area contributed by atoms with E-state index in [1.807, 2.05) is 41.8 Å². The predicted molar refractivity (Wildman–Crippen MR) is 105 cm³/mol. The fraction of sp³-hybridized carbons (Fsp3) is 0.400. The third-order valence-electron chi connectivity index (χ3n) is 3.89. The largest absolute Gasteiger partial charge is 0.481 e. The first-order chi connectivity index (χ1) is 12.5. The van der Waals surface area contributed by atoms with Crippen molar-refractivity contribution in [3.8, 4) is 5.75 Å².